The van der Waals surface area contributed by atoms with Crippen LogP contribution < -0.4 is 0 Å². The molecule has 144 valence electrons. The molecule has 6 heteroatoms. The predicted octanol–water partition coefficient (Wildman–Crippen LogP) is 4.24. The Labute approximate surface area is 167 Å². The normalized spacial score (nSPS) is 13.3. The van der Waals surface area contributed by atoms with Crippen molar-refractivity contribution in [3.8, 4) is 11.1 Å². The summed E-state index contributed by atoms with van der Waals surface area (Å²) in [6, 6.07) is 12.8. The Morgan fingerprint density at radius 3 is 2.79 bits per heavy atom. The average molecular weight is 386 g/mol. The molecular weight excluding hydrogens is 367 g/mol. The zero-order valence-corrected chi connectivity index (χ0v) is 16.2. The lowest BCUT2D eigenvalue weighted by molar-refractivity contribution is 0.0765. The summed E-state index contributed by atoms with van der Waals surface area (Å²) in [5, 5.41) is 5.44. The molecule has 0 bridgehead atoms. The van der Waals surface area contributed by atoms with Gasteiger partial charge in [0, 0.05) is 36.9 Å². The Morgan fingerprint density at radius 2 is 2.00 bits per heavy atom. The highest BCUT2D eigenvalue weighted by Gasteiger charge is 2.28. The minimum absolute atomic E-state index is 0.102. The molecule has 5 nitrogen and oxygen atoms in total. The van der Waals surface area contributed by atoms with Crippen LogP contribution in [0.2, 0.25) is 0 Å². The van der Waals surface area contributed by atoms with Crippen LogP contribution in [0.4, 0.5) is 4.39 Å². The number of benzene rings is 2. The van der Waals surface area contributed by atoms with E-state index in [-0.39, 0.29) is 18.3 Å². The second-order valence-corrected chi connectivity index (χ2v) is 7.49. The molecule has 2 aromatic carbocycles. The summed E-state index contributed by atoms with van der Waals surface area (Å²) in [6.45, 7) is 2.64. The van der Waals surface area contributed by atoms with E-state index >= 15 is 0 Å². The topological polar surface area (TPSA) is 51.0 Å². The summed E-state index contributed by atoms with van der Waals surface area (Å²) in [5.41, 5.74) is 5.60. The molecule has 0 aliphatic carbocycles. The van der Waals surface area contributed by atoms with Crippen LogP contribution in [-0.2, 0) is 20.1 Å². The molecule has 0 atom stereocenters. The van der Waals surface area contributed by atoms with E-state index in [1.165, 1.54) is 0 Å². The predicted molar refractivity (Wildman–Crippen MR) is 109 cm³/mol. The van der Waals surface area contributed by atoms with Gasteiger partial charge in [0.05, 0.1) is 23.3 Å². The Bertz CT molecular complexity index is 1280. The number of nitrogens with zero attached hydrogens (tertiary/aromatic N) is 4. The van der Waals surface area contributed by atoms with Gasteiger partial charge in [-0.1, -0.05) is 12.1 Å². The van der Waals surface area contributed by atoms with Gasteiger partial charge < -0.3 is 4.90 Å². The first-order valence-corrected chi connectivity index (χ1v) is 9.45. The number of amides is 1. The molecule has 1 amide bonds. The van der Waals surface area contributed by atoms with E-state index in [0.29, 0.717) is 17.7 Å². The first-order valence-electron chi connectivity index (χ1n) is 9.45. The number of aryl methyl sites for hydroxylation is 2. The van der Waals surface area contributed by atoms with Gasteiger partial charge in [-0.2, -0.15) is 5.10 Å². The maximum atomic E-state index is 14.9. The summed E-state index contributed by atoms with van der Waals surface area (Å²) >= 11 is 0. The third kappa shape index (κ3) is 2.97. The molecule has 0 N–H and O–H groups in total. The van der Waals surface area contributed by atoms with Gasteiger partial charge in [0.1, 0.15) is 5.82 Å². The maximum absolute atomic E-state index is 14.9. The molecule has 0 saturated heterocycles. The van der Waals surface area contributed by atoms with Gasteiger partial charge in [0.25, 0.3) is 5.91 Å². The monoisotopic (exact) mass is 386 g/mol. The number of carbonyl (C=O) groups is 1. The number of aromatic nitrogens is 3. The fraction of sp³-hybridized carbons (Fsp3) is 0.174. The highest BCUT2D eigenvalue weighted by atomic mass is 19.1. The van der Waals surface area contributed by atoms with Crippen molar-refractivity contribution in [2.75, 3.05) is 0 Å². The first kappa shape index (κ1) is 17.6. The van der Waals surface area contributed by atoms with Crippen LogP contribution in [0.15, 0.2) is 54.9 Å². The number of hydrogen-bond acceptors (Lipinski definition) is 3. The molecule has 1 aliphatic rings. The molecule has 0 fully saturated rings. The van der Waals surface area contributed by atoms with Crippen LogP contribution in [-0.4, -0.2) is 25.6 Å². The van der Waals surface area contributed by atoms with E-state index in [0.717, 1.165) is 33.3 Å². The number of pyridine rings is 1. The Balaban J connectivity index is 1.44. The van der Waals surface area contributed by atoms with Crippen molar-refractivity contribution < 1.29 is 9.18 Å². The van der Waals surface area contributed by atoms with Crippen molar-refractivity contribution in [1.29, 1.82) is 0 Å². The van der Waals surface area contributed by atoms with Crippen LogP contribution in [0, 0.1) is 12.7 Å². The van der Waals surface area contributed by atoms with Gasteiger partial charge >= 0.3 is 0 Å². The molecule has 0 spiro atoms. The van der Waals surface area contributed by atoms with Gasteiger partial charge in [-0.3, -0.25) is 14.5 Å². The third-order valence-corrected chi connectivity index (χ3v) is 5.44. The van der Waals surface area contributed by atoms with Crippen LogP contribution in [0.1, 0.15) is 27.2 Å². The fourth-order valence-corrected chi connectivity index (χ4v) is 3.97. The zero-order valence-electron chi connectivity index (χ0n) is 16.2. The average Bonchev–Trinajstić information content (AvgIpc) is 3.21. The summed E-state index contributed by atoms with van der Waals surface area (Å²) < 4.78 is 16.7. The SMILES string of the molecule is Cc1cc2nn(C)cc2cc1-c1ccc(CN2Cc3ncccc3C2=O)c(F)c1. The smallest absolute Gasteiger partial charge is 0.256 e. The second-order valence-electron chi connectivity index (χ2n) is 7.49. The Kier molecular flexibility index (Phi) is 3.94. The van der Waals surface area contributed by atoms with E-state index in [1.807, 2.05) is 38.4 Å². The summed E-state index contributed by atoms with van der Waals surface area (Å²) in [6.07, 6.45) is 3.63. The van der Waals surface area contributed by atoms with Crippen molar-refractivity contribution in [1.82, 2.24) is 19.7 Å². The van der Waals surface area contributed by atoms with Gasteiger partial charge in [-0.05, 0) is 53.9 Å². The van der Waals surface area contributed by atoms with E-state index in [4.69, 9.17) is 0 Å². The van der Waals surface area contributed by atoms with Crippen molar-refractivity contribution in [2.24, 2.45) is 7.05 Å². The van der Waals surface area contributed by atoms with Crippen molar-refractivity contribution in [3.63, 3.8) is 0 Å². The lowest BCUT2D eigenvalue weighted by Gasteiger charge is -2.16. The maximum Gasteiger partial charge on any atom is 0.256 e. The van der Waals surface area contributed by atoms with Crippen molar-refractivity contribution in [2.45, 2.75) is 20.0 Å². The third-order valence-electron chi connectivity index (χ3n) is 5.44. The summed E-state index contributed by atoms with van der Waals surface area (Å²) in [7, 11) is 1.89. The van der Waals surface area contributed by atoms with Gasteiger partial charge in [-0.15, -0.1) is 0 Å². The van der Waals surface area contributed by atoms with Crippen molar-refractivity contribution in [3.05, 3.63) is 83.1 Å². The van der Waals surface area contributed by atoms with Crippen LogP contribution >= 0.6 is 0 Å². The van der Waals surface area contributed by atoms with Gasteiger partial charge in [0.15, 0.2) is 0 Å². The number of carbonyl (C=O) groups excluding carboxylic acids is 1. The lowest BCUT2D eigenvalue weighted by atomic mass is 9.97. The molecule has 1 aliphatic heterocycles. The Hall–Kier alpha value is -3.54. The number of hydrogen-bond donors (Lipinski definition) is 0. The number of halogens is 1. The van der Waals surface area contributed by atoms with Gasteiger partial charge in [0.2, 0.25) is 0 Å². The zero-order chi connectivity index (χ0) is 20.1. The molecule has 5 rings (SSSR count). The van der Waals surface area contributed by atoms with E-state index in [9.17, 15) is 9.18 Å². The molecule has 0 radical (unpaired) electrons. The Morgan fingerprint density at radius 1 is 1.14 bits per heavy atom. The second kappa shape index (κ2) is 6.51. The van der Waals surface area contributed by atoms with Gasteiger partial charge in [-0.25, -0.2) is 4.39 Å². The van der Waals surface area contributed by atoms with Crippen LogP contribution in [0.25, 0.3) is 22.0 Å². The summed E-state index contributed by atoms with van der Waals surface area (Å²) in [5.74, 6) is -0.417. The first-order chi connectivity index (χ1) is 14.0. The van der Waals surface area contributed by atoms with E-state index < -0.39 is 0 Å². The molecule has 29 heavy (non-hydrogen) atoms. The number of fused-ring (bicyclic) bond motifs is 2. The van der Waals surface area contributed by atoms with E-state index in [2.05, 4.69) is 10.1 Å². The number of rotatable bonds is 3. The standard InChI is InChI=1S/C23H19FN4O/c1-14-8-21-17(11-27(2)26-21)9-19(14)15-5-6-16(20(24)10-15)12-28-13-22-18(23(28)29)4-3-7-25-22/h3-11H,12-13H2,1-2H3. The molecule has 3 heterocycles. The molecular formula is C23H19FN4O. The van der Waals surface area contributed by atoms with Crippen LogP contribution in [0.3, 0.4) is 0 Å². The minimum Gasteiger partial charge on any atom is -0.328 e. The lowest BCUT2D eigenvalue weighted by Crippen LogP contribution is -2.23. The van der Waals surface area contributed by atoms with Crippen molar-refractivity contribution >= 4 is 16.8 Å². The molecule has 0 unspecified atom stereocenters. The fourth-order valence-electron chi connectivity index (χ4n) is 3.97. The minimum atomic E-state index is -0.315. The van der Waals surface area contributed by atoms with Crippen LogP contribution in [0.5, 0.6) is 0 Å². The highest BCUT2D eigenvalue weighted by molar-refractivity contribution is 5.97. The highest BCUT2D eigenvalue weighted by Crippen LogP contribution is 2.30. The molecule has 0 saturated carbocycles. The summed E-state index contributed by atoms with van der Waals surface area (Å²) in [4.78, 5) is 18.4. The quantitative estimate of drug-likeness (QED) is 0.529. The van der Waals surface area contributed by atoms with E-state index in [1.54, 1.807) is 40.0 Å². The molecule has 4 aromatic rings. The largest absolute Gasteiger partial charge is 0.328 e. The molecule has 2 aromatic heterocycles.